The first-order valence-electron chi connectivity index (χ1n) is 8.05. The van der Waals surface area contributed by atoms with Crippen molar-refractivity contribution in [2.75, 3.05) is 0 Å². The van der Waals surface area contributed by atoms with E-state index >= 15 is 0 Å². The zero-order chi connectivity index (χ0) is 18.0. The molecule has 0 aromatic rings. The van der Waals surface area contributed by atoms with E-state index in [1.54, 1.807) is 0 Å². The first kappa shape index (κ1) is 20.8. The second kappa shape index (κ2) is 6.48. The summed E-state index contributed by atoms with van der Waals surface area (Å²) in [6.45, 7) is 20.8. The highest BCUT2D eigenvalue weighted by Gasteiger charge is 2.46. The van der Waals surface area contributed by atoms with Crippen LogP contribution in [0.5, 0.6) is 0 Å². The number of rotatable bonds is 5. The minimum atomic E-state index is -0.220. The lowest BCUT2D eigenvalue weighted by Crippen LogP contribution is -2.40. The standard InChI is InChI=1S/C18H34N4/c1-15(2,3)13(21-19)17(7,8)11-12-18(9,10)14(22-20)16(4,5)6/h11-12H2,1-10H3. The van der Waals surface area contributed by atoms with Crippen LogP contribution in [-0.4, -0.2) is 21.0 Å². The molecule has 0 saturated heterocycles. The van der Waals surface area contributed by atoms with E-state index in [4.69, 9.17) is 0 Å². The van der Waals surface area contributed by atoms with E-state index in [0.717, 1.165) is 24.3 Å². The Bertz CT molecular complexity index is 452. The van der Waals surface area contributed by atoms with Gasteiger partial charge in [0.05, 0.1) is 21.7 Å². The number of hydrogen-bond acceptors (Lipinski definition) is 0. The third-order valence-electron chi connectivity index (χ3n) is 4.28. The SMILES string of the molecule is CC(C)(C)C(=[N+]=[N-])C(C)(C)CCC(C)(C)C(=[N+]=[N-])C(C)(C)C. The minimum absolute atomic E-state index is 0.180. The summed E-state index contributed by atoms with van der Waals surface area (Å²) >= 11 is 0. The van der Waals surface area contributed by atoms with Gasteiger partial charge in [0.2, 0.25) is 0 Å². The van der Waals surface area contributed by atoms with Crippen LogP contribution < -0.4 is 0 Å². The summed E-state index contributed by atoms with van der Waals surface area (Å²) in [4.78, 5) is 7.16. The van der Waals surface area contributed by atoms with Crippen LogP contribution in [0.15, 0.2) is 0 Å². The molecule has 0 atom stereocenters. The normalized spacial score (nSPS) is 13.4. The topological polar surface area (TPSA) is 72.8 Å². The van der Waals surface area contributed by atoms with Gasteiger partial charge in [-0.25, -0.2) is 0 Å². The van der Waals surface area contributed by atoms with E-state index in [9.17, 15) is 11.1 Å². The van der Waals surface area contributed by atoms with Gasteiger partial charge in [0.1, 0.15) is 0 Å². The van der Waals surface area contributed by atoms with Gasteiger partial charge in [-0.1, -0.05) is 0 Å². The lowest BCUT2D eigenvalue weighted by Gasteiger charge is -2.32. The smallest absolute Gasteiger partial charge is 0.279 e. The van der Waals surface area contributed by atoms with Crippen LogP contribution in [0.4, 0.5) is 0 Å². The Morgan fingerprint density at radius 2 is 0.818 bits per heavy atom. The van der Waals surface area contributed by atoms with Crippen molar-refractivity contribution in [3.8, 4) is 0 Å². The molecule has 0 aliphatic rings. The maximum atomic E-state index is 9.44. The molecule has 0 heterocycles. The molecule has 0 aliphatic heterocycles. The van der Waals surface area contributed by atoms with Crippen LogP contribution >= 0.6 is 0 Å². The largest absolute Gasteiger partial charge is 0.362 e. The van der Waals surface area contributed by atoms with Gasteiger partial charge in [-0.3, -0.25) is 0 Å². The summed E-state index contributed by atoms with van der Waals surface area (Å²) < 4.78 is 0. The van der Waals surface area contributed by atoms with Gasteiger partial charge >= 0.3 is 0 Å². The molecule has 0 bridgehead atoms. The summed E-state index contributed by atoms with van der Waals surface area (Å²) in [5, 5.41) is 0. The Labute approximate surface area is 136 Å². The second-order valence-corrected chi connectivity index (χ2v) is 9.66. The highest BCUT2D eigenvalue weighted by molar-refractivity contribution is 5.90. The van der Waals surface area contributed by atoms with Crippen LogP contribution in [0.2, 0.25) is 0 Å². The average Bonchev–Trinajstić information content (AvgIpc) is 2.23. The molecule has 0 N–H and O–H groups in total. The van der Waals surface area contributed by atoms with Crippen molar-refractivity contribution in [2.24, 2.45) is 21.7 Å². The maximum Gasteiger partial charge on any atom is 0.279 e. The molecule has 0 aromatic carbocycles. The molecular formula is C18H34N4. The predicted molar refractivity (Wildman–Crippen MR) is 93.0 cm³/mol. The molecule has 0 radical (unpaired) electrons. The van der Waals surface area contributed by atoms with Crippen molar-refractivity contribution in [1.29, 1.82) is 0 Å². The van der Waals surface area contributed by atoms with Gasteiger partial charge in [-0.15, -0.1) is 0 Å². The Morgan fingerprint density at radius 1 is 0.591 bits per heavy atom. The van der Waals surface area contributed by atoms with Crippen molar-refractivity contribution in [3.63, 3.8) is 0 Å². The monoisotopic (exact) mass is 306 g/mol. The van der Waals surface area contributed by atoms with E-state index in [1.807, 2.05) is 0 Å². The van der Waals surface area contributed by atoms with Crippen LogP contribution in [0.25, 0.3) is 11.1 Å². The highest BCUT2D eigenvalue weighted by Crippen LogP contribution is 2.39. The van der Waals surface area contributed by atoms with Crippen molar-refractivity contribution in [2.45, 2.75) is 82.1 Å². The fourth-order valence-electron chi connectivity index (χ4n) is 3.46. The van der Waals surface area contributed by atoms with Crippen LogP contribution in [0.1, 0.15) is 82.1 Å². The summed E-state index contributed by atoms with van der Waals surface area (Å²) in [5.41, 5.74) is 19.7. The number of hydrogen-bond donors (Lipinski definition) is 0. The van der Waals surface area contributed by atoms with Crippen LogP contribution in [0.3, 0.4) is 0 Å². The molecule has 4 heteroatoms. The highest BCUT2D eigenvalue weighted by atomic mass is 14.9. The quantitative estimate of drug-likeness (QED) is 0.378. The molecule has 0 saturated carbocycles. The predicted octanol–water partition coefficient (Wildman–Crippen LogP) is 5.25. The van der Waals surface area contributed by atoms with E-state index in [0.29, 0.717) is 0 Å². The molecule has 0 aliphatic carbocycles. The Morgan fingerprint density at radius 3 is 0.955 bits per heavy atom. The maximum absolute atomic E-state index is 9.44. The summed E-state index contributed by atoms with van der Waals surface area (Å²) in [7, 11) is 0. The van der Waals surface area contributed by atoms with E-state index in [2.05, 4.69) is 78.8 Å². The van der Waals surface area contributed by atoms with Gasteiger partial charge in [0.15, 0.2) is 0 Å². The van der Waals surface area contributed by atoms with Crippen LogP contribution in [0, 0.1) is 21.7 Å². The number of nitrogens with zero attached hydrogens (tertiary/aromatic N) is 4. The first-order valence-corrected chi connectivity index (χ1v) is 8.05. The summed E-state index contributed by atoms with van der Waals surface area (Å²) in [6.07, 6.45) is 1.71. The first-order chi connectivity index (χ1) is 9.59. The van der Waals surface area contributed by atoms with Crippen molar-refractivity contribution in [3.05, 3.63) is 11.1 Å². The van der Waals surface area contributed by atoms with Crippen LogP contribution in [-0.2, 0) is 0 Å². The fraction of sp³-hybridized carbons (Fsp3) is 0.889. The zero-order valence-corrected chi connectivity index (χ0v) is 16.2. The third-order valence-corrected chi connectivity index (χ3v) is 4.28. The Balaban J connectivity index is 5.38. The fourth-order valence-corrected chi connectivity index (χ4v) is 3.46. The second-order valence-electron chi connectivity index (χ2n) is 9.66. The summed E-state index contributed by atoms with van der Waals surface area (Å²) in [6, 6.07) is 0. The average molecular weight is 306 g/mol. The Hall–Kier alpha value is -1.24. The van der Waals surface area contributed by atoms with Gasteiger partial charge in [0.25, 0.3) is 11.4 Å². The third kappa shape index (κ3) is 5.19. The molecule has 0 fully saturated rings. The minimum Gasteiger partial charge on any atom is -0.362 e. The van der Waals surface area contributed by atoms with E-state index < -0.39 is 0 Å². The lowest BCUT2D eigenvalue weighted by molar-refractivity contribution is -0.0381. The molecule has 0 aromatic heterocycles. The van der Waals surface area contributed by atoms with Crippen molar-refractivity contribution in [1.82, 2.24) is 0 Å². The van der Waals surface area contributed by atoms with E-state index in [1.165, 1.54) is 0 Å². The van der Waals surface area contributed by atoms with Gasteiger partial charge in [-0.05, 0) is 82.1 Å². The summed E-state index contributed by atoms with van der Waals surface area (Å²) in [5.74, 6) is 0. The molecule has 4 nitrogen and oxygen atoms in total. The van der Waals surface area contributed by atoms with Gasteiger partial charge in [0, 0.05) is 0 Å². The molecule has 0 unspecified atom stereocenters. The molecule has 0 rings (SSSR count). The molecule has 22 heavy (non-hydrogen) atoms. The van der Waals surface area contributed by atoms with E-state index in [-0.39, 0.29) is 21.7 Å². The van der Waals surface area contributed by atoms with Gasteiger partial charge < -0.3 is 11.1 Å². The zero-order valence-electron chi connectivity index (χ0n) is 16.2. The van der Waals surface area contributed by atoms with Crippen molar-refractivity contribution >= 4 is 11.4 Å². The molecular weight excluding hydrogens is 272 g/mol. The Kier molecular flexibility index (Phi) is 6.11. The lowest BCUT2D eigenvalue weighted by atomic mass is 9.66. The molecule has 126 valence electrons. The molecule has 0 spiro atoms. The van der Waals surface area contributed by atoms with Crippen molar-refractivity contribution < 1.29 is 9.58 Å². The van der Waals surface area contributed by atoms with Gasteiger partial charge in [-0.2, -0.15) is 9.58 Å². The molecule has 0 amide bonds.